The lowest BCUT2D eigenvalue weighted by molar-refractivity contribution is -0.129. The van der Waals surface area contributed by atoms with E-state index in [2.05, 4.69) is 0 Å². The zero-order valence-corrected chi connectivity index (χ0v) is 5.51. The summed E-state index contributed by atoms with van der Waals surface area (Å²) in [7, 11) is 3.37. The first-order valence-corrected chi connectivity index (χ1v) is 2.52. The molecule has 1 amide bonds. The van der Waals surface area contributed by atoms with Crippen LogP contribution in [0.25, 0.3) is 0 Å². The molecule has 0 fully saturated rings. The van der Waals surface area contributed by atoms with Crippen molar-refractivity contribution in [1.82, 2.24) is 4.90 Å². The molecular weight excluding hydrogens is 104 g/mol. The highest BCUT2D eigenvalue weighted by atomic mass is 16.2. The van der Waals surface area contributed by atoms with Crippen LogP contribution >= 0.6 is 0 Å². The molecule has 0 aromatic heterocycles. The van der Waals surface area contributed by atoms with Crippen molar-refractivity contribution >= 4 is 5.91 Å². The molecular formula is C5H12N2O. The van der Waals surface area contributed by atoms with Crippen molar-refractivity contribution in [3.63, 3.8) is 0 Å². The van der Waals surface area contributed by atoms with Crippen LogP contribution in [-0.2, 0) is 4.79 Å². The Morgan fingerprint density at radius 3 is 2.00 bits per heavy atom. The second-order valence-corrected chi connectivity index (χ2v) is 2.02. The number of hydrogen-bond donors (Lipinski definition) is 1. The molecule has 0 spiro atoms. The van der Waals surface area contributed by atoms with Crippen LogP contribution in [0.5, 0.6) is 0 Å². The van der Waals surface area contributed by atoms with Gasteiger partial charge >= 0.3 is 0 Å². The minimum Gasteiger partial charge on any atom is -0.347 e. The third kappa shape index (κ3) is 1.93. The van der Waals surface area contributed by atoms with E-state index in [1.54, 1.807) is 21.0 Å². The minimum atomic E-state index is -0.370. The third-order valence-corrected chi connectivity index (χ3v) is 0.830. The number of rotatable bonds is 1. The number of carbonyl (C=O) groups excluding carboxylic acids is 1. The van der Waals surface area contributed by atoms with E-state index in [1.165, 1.54) is 4.90 Å². The molecule has 48 valence electrons. The fourth-order valence-electron chi connectivity index (χ4n) is 0.407. The summed E-state index contributed by atoms with van der Waals surface area (Å²) in [4.78, 5) is 12.1. The molecule has 1 atom stereocenters. The standard InChI is InChI=1S/C5H12N2O/c1-4(6)5(8)7(2)3/h4H,6H2,1-3H3/t4-/m0/s1. The van der Waals surface area contributed by atoms with Gasteiger partial charge in [0.05, 0.1) is 6.04 Å². The van der Waals surface area contributed by atoms with Crippen LogP contribution in [0.1, 0.15) is 6.92 Å². The summed E-state index contributed by atoms with van der Waals surface area (Å²) in [5.74, 6) is -0.0370. The number of carbonyl (C=O) groups is 1. The molecule has 0 saturated carbocycles. The second-order valence-electron chi connectivity index (χ2n) is 2.02. The molecule has 3 nitrogen and oxygen atoms in total. The molecule has 0 rings (SSSR count). The Morgan fingerprint density at radius 2 is 2.00 bits per heavy atom. The minimum absolute atomic E-state index is 0.0370. The summed E-state index contributed by atoms with van der Waals surface area (Å²) in [6.07, 6.45) is 0. The molecule has 0 aliphatic rings. The van der Waals surface area contributed by atoms with Crippen LogP contribution in [-0.4, -0.2) is 30.9 Å². The van der Waals surface area contributed by atoms with Crippen molar-refractivity contribution in [2.24, 2.45) is 5.73 Å². The highest BCUT2D eigenvalue weighted by Gasteiger charge is 2.07. The van der Waals surface area contributed by atoms with Gasteiger partial charge in [0, 0.05) is 14.1 Å². The summed E-state index contributed by atoms with van der Waals surface area (Å²) in [5.41, 5.74) is 5.25. The van der Waals surface area contributed by atoms with Crippen molar-refractivity contribution in [3.8, 4) is 0 Å². The van der Waals surface area contributed by atoms with Gasteiger partial charge in [-0.25, -0.2) is 0 Å². The van der Waals surface area contributed by atoms with Crippen molar-refractivity contribution in [1.29, 1.82) is 0 Å². The number of amides is 1. The summed E-state index contributed by atoms with van der Waals surface area (Å²) in [6, 6.07) is -0.370. The van der Waals surface area contributed by atoms with E-state index in [0.717, 1.165) is 0 Å². The first kappa shape index (κ1) is 7.43. The molecule has 0 radical (unpaired) electrons. The van der Waals surface area contributed by atoms with Crippen molar-refractivity contribution in [3.05, 3.63) is 0 Å². The molecule has 0 heterocycles. The van der Waals surface area contributed by atoms with Gasteiger partial charge in [-0.1, -0.05) is 0 Å². The van der Waals surface area contributed by atoms with Crippen molar-refractivity contribution in [2.45, 2.75) is 13.0 Å². The van der Waals surface area contributed by atoms with Crippen LogP contribution in [0, 0.1) is 0 Å². The van der Waals surface area contributed by atoms with Crippen LogP contribution in [0.4, 0.5) is 0 Å². The Kier molecular flexibility index (Phi) is 2.48. The van der Waals surface area contributed by atoms with Gasteiger partial charge in [0.25, 0.3) is 0 Å². The lowest BCUT2D eigenvalue weighted by Gasteiger charge is -2.11. The Balaban J connectivity index is 3.65. The van der Waals surface area contributed by atoms with Gasteiger partial charge in [-0.2, -0.15) is 0 Å². The maximum absolute atomic E-state index is 10.6. The molecule has 0 aliphatic carbocycles. The van der Waals surface area contributed by atoms with Crippen LogP contribution in [0.3, 0.4) is 0 Å². The second kappa shape index (κ2) is 2.67. The van der Waals surface area contributed by atoms with Crippen LogP contribution in [0.15, 0.2) is 0 Å². The van der Waals surface area contributed by atoms with Gasteiger partial charge in [-0.3, -0.25) is 4.79 Å². The van der Waals surface area contributed by atoms with E-state index in [1.807, 2.05) is 0 Å². The Hall–Kier alpha value is -0.570. The number of nitrogens with zero attached hydrogens (tertiary/aromatic N) is 1. The molecule has 0 aliphatic heterocycles. The highest BCUT2D eigenvalue weighted by Crippen LogP contribution is 1.81. The summed E-state index contributed by atoms with van der Waals surface area (Å²) in [6.45, 7) is 1.67. The maximum Gasteiger partial charge on any atom is 0.238 e. The average Bonchev–Trinajstić information content (AvgIpc) is 1.64. The molecule has 2 N–H and O–H groups in total. The van der Waals surface area contributed by atoms with E-state index in [0.29, 0.717) is 0 Å². The van der Waals surface area contributed by atoms with Gasteiger partial charge < -0.3 is 10.6 Å². The zero-order valence-electron chi connectivity index (χ0n) is 5.51. The Labute approximate surface area is 49.5 Å². The molecule has 8 heavy (non-hydrogen) atoms. The number of nitrogens with two attached hydrogens (primary N) is 1. The first-order valence-electron chi connectivity index (χ1n) is 2.52. The monoisotopic (exact) mass is 116 g/mol. The summed E-state index contributed by atoms with van der Waals surface area (Å²) < 4.78 is 0. The van der Waals surface area contributed by atoms with Gasteiger partial charge in [-0.05, 0) is 6.92 Å². The largest absolute Gasteiger partial charge is 0.347 e. The predicted molar refractivity (Wildman–Crippen MR) is 32.3 cm³/mol. The number of hydrogen-bond acceptors (Lipinski definition) is 2. The Morgan fingerprint density at radius 1 is 1.62 bits per heavy atom. The predicted octanol–water partition coefficient (Wildman–Crippen LogP) is -0.578. The topological polar surface area (TPSA) is 46.3 Å². The lowest BCUT2D eigenvalue weighted by atomic mass is 10.3. The van der Waals surface area contributed by atoms with Crippen LogP contribution < -0.4 is 5.73 Å². The first-order chi connectivity index (χ1) is 3.55. The Bertz CT molecular complexity index is 78.4. The van der Waals surface area contributed by atoms with Crippen LogP contribution in [0.2, 0.25) is 0 Å². The van der Waals surface area contributed by atoms with E-state index in [4.69, 9.17) is 5.73 Å². The molecule has 0 bridgehead atoms. The van der Waals surface area contributed by atoms with Gasteiger partial charge in [0.2, 0.25) is 5.91 Å². The van der Waals surface area contributed by atoms with Crippen molar-refractivity contribution < 1.29 is 4.79 Å². The maximum atomic E-state index is 10.6. The molecule has 0 aromatic rings. The zero-order chi connectivity index (χ0) is 6.73. The van der Waals surface area contributed by atoms with E-state index in [9.17, 15) is 4.79 Å². The smallest absolute Gasteiger partial charge is 0.238 e. The third-order valence-electron chi connectivity index (χ3n) is 0.830. The van der Waals surface area contributed by atoms with Gasteiger partial charge in [-0.15, -0.1) is 0 Å². The fraction of sp³-hybridized carbons (Fsp3) is 0.800. The molecule has 3 heteroatoms. The molecule has 0 unspecified atom stereocenters. The highest BCUT2D eigenvalue weighted by molar-refractivity contribution is 5.80. The quantitative estimate of drug-likeness (QED) is 0.498. The normalized spacial score (nSPS) is 13.0. The number of likely N-dealkylation sites (N-methyl/N-ethyl adjacent to an activating group) is 1. The van der Waals surface area contributed by atoms with Gasteiger partial charge in [0.1, 0.15) is 0 Å². The van der Waals surface area contributed by atoms with E-state index >= 15 is 0 Å². The summed E-state index contributed by atoms with van der Waals surface area (Å²) >= 11 is 0. The van der Waals surface area contributed by atoms with Gasteiger partial charge in [0.15, 0.2) is 0 Å². The molecule has 0 aromatic carbocycles. The lowest BCUT2D eigenvalue weighted by Crippen LogP contribution is -2.37. The van der Waals surface area contributed by atoms with Crippen molar-refractivity contribution in [2.75, 3.05) is 14.1 Å². The molecule has 0 saturated heterocycles. The van der Waals surface area contributed by atoms with E-state index < -0.39 is 0 Å². The van der Waals surface area contributed by atoms with E-state index in [-0.39, 0.29) is 11.9 Å². The average molecular weight is 116 g/mol. The fourth-order valence-corrected chi connectivity index (χ4v) is 0.407. The summed E-state index contributed by atoms with van der Waals surface area (Å²) in [5, 5.41) is 0. The SMILES string of the molecule is C[C@H](N)C(=O)N(C)C.